The van der Waals surface area contributed by atoms with Crippen molar-refractivity contribution < 1.29 is 8.42 Å². The van der Waals surface area contributed by atoms with Gasteiger partial charge in [-0.25, -0.2) is 8.42 Å². The molecule has 0 bridgehead atoms. The molecule has 0 spiro atoms. The number of rotatable bonds is 5. The van der Waals surface area contributed by atoms with Crippen LogP contribution in [0.25, 0.3) is 0 Å². The molecule has 0 amide bonds. The topological polar surface area (TPSA) is 84.5 Å². The van der Waals surface area contributed by atoms with Gasteiger partial charge in [0.25, 0.3) is 0 Å². The fourth-order valence-corrected chi connectivity index (χ4v) is 4.13. The number of anilines is 1. The number of guanidine groups is 1. The van der Waals surface area contributed by atoms with Gasteiger partial charge in [-0.15, -0.1) is 0 Å². The Morgan fingerprint density at radius 2 is 1.84 bits per heavy atom. The molecule has 0 radical (unpaired) electrons. The quantitative estimate of drug-likeness (QED) is 0.619. The number of fused-ring (bicyclic) bond motifs is 1. The normalized spacial score (nSPS) is 14.4. The monoisotopic (exact) mass is 377 g/mol. The van der Waals surface area contributed by atoms with Crippen LogP contribution in [0.1, 0.15) is 17.5 Å². The smallest absolute Gasteiger partial charge is 0.193 e. The predicted octanol–water partition coefficient (Wildman–Crippen LogP) is 3.03. The first-order valence-electron chi connectivity index (χ1n) is 8.11. The van der Waals surface area contributed by atoms with Crippen LogP contribution in [-0.2, 0) is 22.7 Å². The third kappa shape index (κ3) is 4.52. The van der Waals surface area contributed by atoms with Gasteiger partial charge in [0.05, 0.1) is 17.2 Å². The Labute approximate surface area is 152 Å². The number of nitrogens with two attached hydrogens (primary N) is 1. The molecule has 132 valence electrons. The molecule has 0 unspecified atom stereocenters. The van der Waals surface area contributed by atoms with Gasteiger partial charge in [0.2, 0.25) is 0 Å². The van der Waals surface area contributed by atoms with Gasteiger partial charge >= 0.3 is 0 Å². The van der Waals surface area contributed by atoms with E-state index < -0.39 is 9.84 Å². The van der Waals surface area contributed by atoms with Crippen molar-refractivity contribution in [1.29, 1.82) is 0 Å². The van der Waals surface area contributed by atoms with Gasteiger partial charge < -0.3 is 11.1 Å². The van der Waals surface area contributed by atoms with Crippen LogP contribution in [0.3, 0.4) is 0 Å². The lowest BCUT2D eigenvalue weighted by molar-refractivity contribution is 0.596. The highest BCUT2D eigenvalue weighted by Gasteiger charge is 2.14. The second-order valence-corrected chi connectivity index (χ2v) is 8.55. The van der Waals surface area contributed by atoms with E-state index >= 15 is 0 Å². The van der Waals surface area contributed by atoms with Gasteiger partial charge in [0.15, 0.2) is 15.8 Å². The zero-order valence-electron chi connectivity index (χ0n) is 13.7. The fourth-order valence-electron chi connectivity index (χ4n) is 2.88. The van der Waals surface area contributed by atoms with Gasteiger partial charge in [-0.1, -0.05) is 17.7 Å². The van der Waals surface area contributed by atoms with E-state index in [1.54, 1.807) is 12.1 Å². The molecule has 7 heteroatoms. The van der Waals surface area contributed by atoms with Crippen LogP contribution in [0.2, 0.25) is 5.02 Å². The Morgan fingerprint density at radius 3 is 2.60 bits per heavy atom. The SMILES string of the molecule is NC(=NCCS(=O)(=O)c1ccc(Cl)cc1)Nc1ccc2c(c1)CCC2. The third-order valence-electron chi connectivity index (χ3n) is 4.19. The summed E-state index contributed by atoms with van der Waals surface area (Å²) in [6, 6.07) is 12.2. The highest BCUT2D eigenvalue weighted by Crippen LogP contribution is 2.24. The Hall–Kier alpha value is -2.05. The van der Waals surface area contributed by atoms with Crippen molar-refractivity contribution in [3.05, 3.63) is 58.6 Å². The number of hydrogen-bond donors (Lipinski definition) is 2. The Bertz CT molecular complexity index is 893. The van der Waals surface area contributed by atoms with E-state index in [0.29, 0.717) is 5.02 Å². The minimum absolute atomic E-state index is 0.0920. The molecule has 3 N–H and O–H groups in total. The molecular formula is C18H20ClN3O2S. The lowest BCUT2D eigenvalue weighted by Gasteiger charge is -2.08. The largest absolute Gasteiger partial charge is 0.370 e. The number of halogens is 1. The van der Waals surface area contributed by atoms with E-state index in [9.17, 15) is 8.42 Å². The number of benzene rings is 2. The van der Waals surface area contributed by atoms with Gasteiger partial charge in [0.1, 0.15) is 0 Å². The summed E-state index contributed by atoms with van der Waals surface area (Å²) in [7, 11) is -3.40. The summed E-state index contributed by atoms with van der Waals surface area (Å²) in [6.45, 7) is 0.0920. The lowest BCUT2D eigenvalue weighted by Crippen LogP contribution is -2.24. The van der Waals surface area contributed by atoms with Crippen molar-refractivity contribution >= 4 is 33.1 Å². The zero-order chi connectivity index (χ0) is 17.9. The molecule has 0 aliphatic heterocycles. The number of aryl methyl sites for hydroxylation is 2. The van der Waals surface area contributed by atoms with Crippen LogP contribution in [-0.4, -0.2) is 26.7 Å². The molecule has 0 atom stereocenters. The van der Waals surface area contributed by atoms with Crippen molar-refractivity contribution in [3.8, 4) is 0 Å². The molecule has 2 aromatic carbocycles. The number of nitrogens with zero attached hydrogens (tertiary/aromatic N) is 1. The molecule has 1 aliphatic carbocycles. The first-order chi connectivity index (χ1) is 11.9. The van der Waals surface area contributed by atoms with Gasteiger partial charge in [0, 0.05) is 10.7 Å². The van der Waals surface area contributed by atoms with Crippen LogP contribution < -0.4 is 11.1 Å². The second-order valence-electron chi connectivity index (χ2n) is 6.00. The van der Waals surface area contributed by atoms with Crippen molar-refractivity contribution in [2.75, 3.05) is 17.6 Å². The van der Waals surface area contributed by atoms with Crippen molar-refractivity contribution in [1.82, 2.24) is 0 Å². The lowest BCUT2D eigenvalue weighted by atomic mass is 10.1. The summed E-state index contributed by atoms with van der Waals surface area (Å²) in [5.74, 6) is 0.102. The molecule has 0 saturated carbocycles. The maximum Gasteiger partial charge on any atom is 0.193 e. The Balaban J connectivity index is 1.59. The zero-order valence-corrected chi connectivity index (χ0v) is 15.3. The first kappa shape index (κ1) is 17.8. The standard InChI is InChI=1S/C18H20ClN3O2S/c19-15-5-8-17(9-6-15)25(23,24)11-10-21-18(20)22-16-7-4-13-2-1-3-14(13)12-16/h4-9,12H,1-3,10-11H2,(H3,20,21,22). The summed E-state index contributed by atoms with van der Waals surface area (Å²) < 4.78 is 24.5. The van der Waals surface area contributed by atoms with Gasteiger partial charge in [-0.3, -0.25) is 4.99 Å². The average Bonchev–Trinajstić information content (AvgIpc) is 3.02. The van der Waals surface area contributed by atoms with E-state index in [0.717, 1.165) is 18.5 Å². The van der Waals surface area contributed by atoms with E-state index in [4.69, 9.17) is 17.3 Å². The highest BCUT2D eigenvalue weighted by molar-refractivity contribution is 7.91. The number of aliphatic imine (C=N–C) groups is 1. The molecular weight excluding hydrogens is 358 g/mol. The van der Waals surface area contributed by atoms with Crippen LogP contribution in [0.4, 0.5) is 5.69 Å². The predicted molar refractivity (Wildman–Crippen MR) is 102 cm³/mol. The molecule has 0 saturated heterocycles. The maximum absolute atomic E-state index is 12.2. The van der Waals surface area contributed by atoms with Gasteiger partial charge in [-0.05, 0) is 66.8 Å². The second kappa shape index (κ2) is 7.45. The Kier molecular flexibility index (Phi) is 5.30. The molecule has 25 heavy (non-hydrogen) atoms. The van der Waals surface area contributed by atoms with Crippen LogP contribution in [0.5, 0.6) is 0 Å². The van der Waals surface area contributed by atoms with E-state index in [1.807, 2.05) is 6.07 Å². The third-order valence-corrected chi connectivity index (χ3v) is 6.15. The van der Waals surface area contributed by atoms with Crippen molar-refractivity contribution in [2.45, 2.75) is 24.2 Å². The van der Waals surface area contributed by atoms with Crippen molar-refractivity contribution in [3.63, 3.8) is 0 Å². The van der Waals surface area contributed by atoms with Crippen LogP contribution in [0.15, 0.2) is 52.4 Å². The molecule has 2 aromatic rings. The summed E-state index contributed by atoms with van der Waals surface area (Å²) in [5.41, 5.74) is 9.46. The highest BCUT2D eigenvalue weighted by atomic mass is 35.5. The molecule has 0 fully saturated rings. The van der Waals surface area contributed by atoms with Crippen LogP contribution >= 0.6 is 11.6 Å². The average molecular weight is 378 g/mol. The summed E-state index contributed by atoms with van der Waals surface area (Å²) in [4.78, 5) is 4.35. The molecule has 0 aromatic heterocycles. The minimum Gasteiger partial charge on any atom is -0.370 e. The van der Waals surface area contributed by atoms with E-state index in [1.165, 1.54) is 29.7 Å². The summed E-state index contributed by atoms with van der Waals surface area (Å²) in [5, 5.41) is 3.52. The molecule has 1 aliphatic rings. The van der Waals surface area contributed by atoms with Gasteiger partial charge in [-0.2, -0.15) is 0 Å². The van der Waals surface area contributed by atoms with E-state index in [2.05, 4.69) is 22.4 Å². The van der Waals surface area contributed by atoms with E-state index in [-0.39, 0.29) is 23.2 Å². The fraction of sp³-hybridized carbons (Fsp3) is 0.278. The molecule has 0 heterocycles. The first-order valence-corrected chi connectivity index (χ1v) is 10.1. The summed E-state index contributed by atoms with van der Waals surface area (Å²) in [6.07, 6.45) is 3.40. The van der Waals surface area contributed by atoms with Crippen molar-refractivity contribution in [2.24, 2.45) is 10.7 Å². The van der Waals surface area contributed by atoms with Crippen LogP contribution in [0, 0.1) is 0 Å². The maximum atomic E-state index is 12.2. The molecule has 3 rings (SSSR count). The Morgan fingerprint density at radius 1 is 1.12 bits per heavy atom. The minimum atomic E-state index is -3.40. The number of sulfone groups is 1. The summed E-state index contributed by atoms with van der Waals surface area (Å²) >= 11 is 5.78. The molecule has 5 nitrogen and oxygen atoms in total. The number of hydrogen-bond acceptors (Lipinski definition) is 3. The number of nitrogens with one attached hydrogen (secondary N) is 1.